The molecule has 166 valence electrons. The summed E-state index contributed by atoms with van der Waals surface area (Å²) < 4.78 is 7.98. The molecule has 3 aliphatic heterocycles. The van der Waals surface area contributed by atoms with Crippen molar-refractivity contribution in [2.45, 2.75) is 70.9 Å². The number of carbonyl (C=O) groups excluding carboxylic acids is 1. The van der Waals surface area contributed by atoms with Gasteiger partial charge in [-0.1, -0.05) is 24.1 Å². The second-order valence-corrected chi connectivity index (χ2v) is 11.2. The molecule has 5 heteroatoms. The van der Waals surface area contributed by atoms with E-state index in [4.69, 9.17) is 4.74 Å². The molecule has 1 aromatic heterocycles. The minimum absolute atomic E-state index is 0.00595. The number of ether oxygens (including phenoxy) is 1. The van der Waals surface area contributed by atoms with Crippen molar-refractivity contribution in [3.05, 3.63) is 45.4 Å². The summed E-state index contributed by atoms with van der Waals surface area (Å²) in [5.41, 5.74) is 4.74. The molecule has 6 rings (SSSR count). The van der Waals surface area contributed by atoms with Crippen molar-refractivity contribution in [1.29, 1.82) is 0 Å². The van der Waals surface area contributed by atoms with Gasteiger partial charge in [-0.3, -0.25) is 9.59 Å². The van der Waals surface area contributed by atoms with Gasteiger partial charge in [0, 0.05) is 49.8 Å². The summed E-state index contributed by atoms with van der Waals surface area (Å²) in [6.45, 7) is 8.26. The second kappa shape index (κ2) is 7.06. The first-order valence-electron chi connectivity index (χ1n) is 12.2. The zero-order valence-corrected chi connectivity index (χ0v) is 18.8. The fourth-order valence-corrected chi connectivity index (χ4v) is 7.74. The monoisotopic (exact) mass is 422 g/mol. The van der Waals surface area contributed by atoms with Crippen LogP contribution in [0.1, 0.15) is 64.0 Å². The predicted octanol–water partition coefficient (Wildman–Crippen LogP) is 3.73. The molecular formula is C26H34N2O3. The Hall–Kier alpha value is -1.88. The van der Waals surface area contributed by atoms with Crippen LogP contribution in [0.2, 0.25) is 0 Å². The van der Waals surface area contributed by atoms with Crippen molar-refractivity contribution < 1.29 is 9.53 Å². The number of fused-ring (bicyclic) bond motifs is 6. The Morgan fingerprint density at radius 2 is 2.06 bits per heavy atom. The Morgan fingerprint density at radius 1 is 1.19 bits per heavy atom. The fraction of sp³-hybridized carbons (Fsp3) is 0.692. The third kappa shape index (κ3) is 3.14. The molecule has 0 N–H and O–H groups in total. The minimum atomic E-state index is -0.00595. The summed E-state index contributed by atoms with van der Waals surface area (Å²) in [5, 5.41) is 0. The van der Waals surface area contributed by atoms with Gasteiger partial charge in [-0.2, -0.15) is 0 Å². The Kier molecular flexibility index (Phi) is 4.51. The molecule has 1 saturated carbocycles. The minimum Gasteiger partial charge on any atom is -0.462 e. The van der Waals surface area contributed by atoms with Crippen LogP contribution < -0.4 is 5.56 Å². The number of aromatic nitrogens is 1. The van der Waals surface area contributed by atoms with Crippen LogP contribution >= 0.6 is 0 Å². The summed E-state index contributed by atoms with van der Waals surface area (Å²) >= 11 is 0. The van der Waals surface area contributed by atoms with Gasteiger partial charge in [-0.25, -0.2) is 0 Å². The molecule has 4 heterocycles. The van der Waals surface area contributed by atoms with E-state index >= 15 is 0 Å². The number of likely N-dealkylation sites (tertiary alicyclic amines) is 1. The van der Waals surface area contributed by atoms with E-state index in [1.54, 1.807) is 17.2 Å². The topological polar surface area (TPSA) is 51.5 Å². The molecular weight excluding hydrogens is 388 g/mol. The number of pyridine rings is 1. The number of esters is 1. The van der Waals surface area contributed by atoms with Crippen molar-refractivity contribution in [1.82, 2.24) is 9.47 Å². The molecule has 0 amide bonds. The van der Waals surface area contributed by atoms with Crippen molar-refractivity contribution in [2.75, 3.05) is 19.6 Å². The van der Waals surface area contributed by atoms with Crippen LogP contribution in [0.5, 0.6) is 0 Å². The normalized spacial score (nSPS) is 39.5. The summed E-state index contributed by atoms with van der Waals surface area (Å²) in [7, 11) is 0. The first kappa shape index (κ1) is 19.8. The summed E-state index contributed by atoms with van der Waals surface area (Å²) in [5.74, 6) is 1.25. The van der Waals surface area contributed by atoms with Crippen LogP contribution in [0, 0.1) is 23.2 Å². The summed E-state index contributed by atoms with van der Waals surface area (Å²) in [6, 6.07) is 5.69. The van der Waals surface area contributed by atoms with Gasteiger partial charge in [0.05, 0.1) is 5.92 Å². The van der Waals surface area contributed by atoms with Gasteiger partial charge >= 0.3 is 5.97 Å². The lowest BCUT2D eigenvalue weighted by molar-refractivity contribution is -0.145. The molecule has 0 radical (unpaired) electrons. The highest BCUT2D eigenvalue weighted by atomic mass is 16.6. The first-order valence-corrected chi connectivity index (χ1v) is 12.2. The maximum atomic E-state index is 13.0. The van der Waals surface area contributed by atoms with E-state index in [-0.39, 0.29) is 29.0 Å². The van der Waals surface area contributed by atoms with Crippen LogP contribution in [0.3, 0.4) is 0 Å². The van der Waals surface area contributed by atoms with Crippen LogP contribution in [0.25, 0.3) is 0 Å². The molecule has 5 aliphatic rings. The number of hydrogen-bond donors (Lipinski definition) is 0. The van der Waals surface area contributed by atoms with Crippen molar-refractivity contribution in [3.8, 4) is 0 Å². The molecule has 1 unspecified atom stereocenters. The average molecular weight is 423 g/mol. The standard InChI is InChI=1S/C26H34N2O3/c1-16-5-4-8-26(2)11-23-19(10-21(16)26)20(25(30)31-23)15-27-12-17-9-18(14-27)22-6-3-7-24(29)28(22)13-17/h3,6-7,17-20,23H,4-5,8-15H2,1-2H3/t17-,18-,19-,20?,23-,26-/m1/s1. The summed E-state index contributed by atoms with van der Waals surface area (Å²) in [4.78, 5) is 27.8. The van der Waals surface area contributed by atoms with Gasteiger partial charge in [-0.05, 0) is 62.8 Å². The number of hydrogen-bond acceptors (Lipinski definition) is 4. The molecule has 2 saturated heterocycles. The SMILES string of the molecule is CC1=C2C[C@@H]3C(CN4C[C@H]5C[C@H](C4)c4cccc(=O)n4C5)C(=O)O[C@@H]3C[C@@]2(C)CCC1. The van der Waals surface area contributed by atoms with Gasteiger partial charge in [0.15, 0.2) is 0 Å². The highest BCUT2D eigenvalue weighted by Crippen LogP contribution is 2.55. The smallest absolute Gasteiger partial charge is 0.310 e. The number of rotatable bonds is 2. The van der Waals surface area contributed by atoms with E-state index < -0.39 is 0 Å². The van der Waals surface area contributed by atoms with Crippen molar-refractivity contribution in [3.63, 3.8) is 0 Å². The second-order valence-electron chi connectivity index (χ2n) is 11.2. The van der Waals surface area contributed by atoms with Gasteiger partial charge in [0.1, 0.15) is 6.10 Å². The van der Waals surface area contributed by atoms with E-state index in [2.05, 4.69) is 24.8 Å². The lowest BCUT2D eigenvalue weighted by Crippen LogP contribution is -2.49. The Bertz CT molecular complexity index is 1010. The van der Waals surface area contributed by atoms with Crippen LogP contribution in [-0.4, -0.2) is 41.2 Å². The quantitative estimate of drug-likeness (QED) is 0.538. The van der Waals surface area contributed by atoms with Gasteiger partial charge in [-0.15, -0.1) is 0 Å². The molecule has 2 aliphatic carbocycles. The average Bonchev–Trinajstić information content (AvgIpc) is 3.01. The number of nitrogens with zero attached hydrogens (tertiary/aromatic N) is 2. The number of allylic oxidation sites excluding steroid dienone is 2. The zero-order chi connectivity index (χ0) is 21.3. The maximum Gasteiger partial charge on any atom is 0.310 e. The molecule has 1 aromatic rings. The van der Waals surface area contributed by atoms with Crippen molar-refractivity contribution >= 4 is 5.97 Å². The van der Waals surface area contributed by atoms with E-state index in [0.29, 0.717) is 17.8 Å². The highest BCUT2D eigenvalue weighted by Gasteiger charge is 2.53. The Balaban J connectivity index is 1.22. The van der Waals surface area contributed by atoms with E-state index in [9.17, 15) is 9.59 Å². The molecule has 31 heavy (non-hydrogen) atoms. The third-order valence-electron chi connectivity index (χ3n) is 9.19. The molecule has 2 bridgehead atoms. The molecule has 5 nitrogen and oxygen atoms in total. The van der Waals surface area contributed by atoms with Gasteiger partial charge in [0.2, 0.25) is 0 Å². The zero-order valence-electron chi connectivity index (χ0n) is 18.8. The Labute approximate surface area is 184 Å². The molecule has 3 fully saturated rings. The predicted molar refractivity (Wildman–Crippen MR) is 119 cm³/mol. The maximum absolute atomic E-state index is 13.0. The summed E-state index contributed by atoms with van der Waals surface area (Å²) in [6.07, 6.45) is 7.03. The molecule has 6 atom stereocenters. The van der Waals surface area contributed by atoms with Gasteiger partial charge < -0.3 is 14.2 Å². The van der Waals surface area contributed by atoms with Gasteiger partial charge in [0.25, 0.3) is 5.56 Å². The third-order valence-corrected chi connectivity index (χ3v) is 9.19. The van der Waals surface area contributed by atoms with Crippen LogP contribution in [0.15, 0.2) is 34.1 Å². The lowest BCUT2D eigenvalue weighted by Gasteiger charge is -2.46. The molecule has 0 spiro atoms. The number of piperidine rings is 1. The largest absolute Gasteiger partial charge is 0.462 e. The van der Waals surface area contributed by atoms with E-state index in [0.717, 1.165) is 45.4 Å². The molecule has 0 aromatic carbocycles. The Morgan fingerprint density at radius 3 is 2.94 bits per heavy atom. The van der Waals surface area contributed by atoms with Crippen LogP contribution in [0.4, 0.5) is 0 Å². The van der Waals surface area contributed by atoms with E-state index in [1.165, 1.54) is 25.0 Å². The van der Waals surface area contributed by atoms with Crippen LogP contribution in [-0.2, 0) is 16.1 Å². The number of carbonyl (C=O) groups is 1. The lowest BCUT2D eigenvalue weighted by atomic mass is 9.59. The first-order chi connectivity index (χ1) is 14.9. The fourth-order valence-electron chi connectivity index (χ4n) is 7.74. The van der Waals surface area contributed by atoms with Crippen molar-refractivity contribution in [2.24, 2.45) is 23.2 Å². The van der Waals surface area contributed by atoms with E-state index in [1.807, 2.05) is 10.6 Å². The highest BCUT2D eigenvalue weighted by molar-refractivity contribution is 5.76.